The predicted octanol–water partition coefficient (Wildman–Crippen LogP) is 1.45. The smallest absolute Gasteiger partial charge is 0.222 e. The van der Waals surface area contributed by atoms with E-state index < -0.39 is 0 Å². The third kappa shape index (κ3) is 3.30. The van der Waals surface area contributed by atoms with Crippen molar-refractivity contribution in [3.63, 3.8) is 0 Å². The van der Waals surface area contributed by atoms with Crippen LogP contribution in [0.5, 0.6) is 0 Å². The lowest BCUT2D eigenvalue weighted by atomic mass is 10.0. The SMILES string of the molecule is CNc1ncc(CN(C)c2cc([C@@H]3CCOC3)ncn2)cn1. The van der Waals surface area contributed by atoms with Gasteiger partial charge in [-0.2, -0.15) is 0 Å². The maximum absolute atomic E-state index is 5.43. The summed E-state index contributed by atoms with van der Waals surface area (Å²) in [6, 6.07) is 2.04. The molecule has 3 rings (SSSR count). The molecule has 1 atom stereocenters. The molecule has 0 aromatic carbocycles. The lowest BCUT2D eigenvalue weighted by Gasteiger charge is -2.19. The molecule has 0 bridgehead atoms. The summed E-state index contributed by atoms with van der Waals surface area (Å²) in [4.78, 5) is 19.3. The van der Waals surface area contributed by atoms with Crippen molar-refractivity contribution in [2.75, 3.05) is 37.5 Å². The molecule has 1 aliphatic heterocycles. The third-order valence-electron chi connectivity index (χ3n) is 3.76. The van der Waals surface area contributed by atoms with Crippen LogP contribution >= 0.6 is 0 Å². The van der Waals surface area contributed by atoms with Gasteiger partial charge >= 0.3 is 0 Å². The zero-order valence-electron chi connectivity index (χ0n) is 12.9. The molecule has 0 saturated carbocycles. The topological polar surface area (TPSA) is 76.1 Å². The Hall–Kier alpha value is -2.28. The Morgan fingerprint density at radius 1 is 1.27 bits per heavy atom. The summed E-state index contributed by atoms with van der Waals surface area (Å²) in [6.45, 7) is 2.26. The van der Waals surface area contributed by atoms with Gasteiger partial charge < -0.3 is 15.0 Å². The lowest BCUT2D eigenvalue weighted by molar-refractivity contribution is 0.193. The van der Waals surface area contributed by atoms with Crippen LogP contribution in [0, 0.1) is 0 Å². The van der Waals surface area contributed by atoms with E-state index in [1.165, 1.54) is 0 Å². The first-order chi connectivity index (χ1) is 10.8. The minimum Gasteiger partial charge on any atom is -0.381 e. The van der Waals surface area contributed by atoms with E-state index in [9.17, 15) is 0 Å². The van der Waals surface area contributed by atoms with Gasteiger partial charge in [0.15, 0.2) is 0 Å². The largest absolute Gasteiger partial charge is 0.381 e. The van der Waals surface area contributed by atoms with Crippen LogP contribution < -0.4 is 10.2 Å². The summed E-state index contributed by atoms with van der Waals surface area (Å²) in [6.07, 6.45) is 6.30. The number of nitrogens with zero attached hydrogens (tertiary/aromatic N) is 5. The average molecular weight is 300 g/mol. The van der Waals surface area contributed by atoms with Crippen LogP contribution in [0.15, 0.2) is 24.8 Å². The monoisotopic (exact) mass is 300 g/mol. The summed E-state index contributed by atoms with van der Waals surface area (Å²) < 4.78 is 5.43. The highest BCUT2D eigenvalue weighted by molar-refractivity contribution is 5.39. The van der Waals surface area contributed by atoms with E-state index in [1.54, 1.807) is 13.4 Å². The Kier molecular flexibility index (Phi) is 4.43. The zero-order chi connectivity index (χ0) is 15.4. The standard InChI is InChI=1S/C15H20N6O/c1-16-15-17-6-11(7-18-15)8-21(2)14-5-13(19-10-20-14)12-3-4-22-9-12/h5-7,10,12H,3-4,8-9H2,1-2H3,(H,16,17,18)/t12-/m1/s1. The van der Waals surface area contributed by atoms with E-state index in [0.717, 1.165) is 36.7 Å². The van der Waals surface area contributed by atoms with Gasteiger partial charge in [0.05, 0.1) is 12.3 Å². The van der Waals surface area contributed by atoms with E-state index in [1.807, 2.05) is 25.5 Å². The molecule has 22 heavy (non-hydrogen) atoms. The highest BCUT2D eigenvalue weighted by atomic mass is 16.5. The van der Waals surface area contributed by atoms with Crippen LogP contribution in [0.4, 0.5) is 11.8 Å². The zero-order valence-corrected chi connectivity index (χ0v) is 12.9. The average Bonchev–Trinajstić information content (AvgIpc) is 3.10. The normalized spacial score (nSPS) is 17.5. The number of nitrogens with one attached hydrogen (secondary N) is 1. The molecule has 1 saturated heterocycles. The molecule has 0 amide bonds. The second kappa shape index (κ2) is 6.65. The molecule has 116 valence electrons. The maximum Gasteiger partial charge on any atom is 0.222 e. The molecular formula is C15H20N6O. The highest BCUT2D eigenvalue weighted by Crippen LogP contribution is 2.25. The van der Waals surface area contributed by atoms with Gasteiger partial charge in [-0.05, 0) is 6.42 Å². The number of anilines is 2. The number of rotatable bonds is 5. The van der Waals surface area contributed by atoms with Crippen molar-refractivity contribution >= 4 is 11.8 Å². The predicted molar refractivity (Wildman–Crippen MR) is 83.9 cm³/mol. The quantitative estimate of drug-likeness (QED) is 0.895. The maximum atomic E-state index is 5.43. The Labute approximate surface area is 129 Å². The molecule has 3 heterocycles. The highest BCUT2D eigenvalue weighted by Gasteiger charge is 2.20. The van der Waals surface area contributed by atoms with Gasteiger partial charge in [0.25, 0.3) is 0 Å². The van der Waals surface area contributed by atoms with Crippen molar-refractivity contribution in [1.82, 2.24) is 19.9 Å². The Balaban J connectivity index is 1.70. The summed E-state index contributed by atoms with van der Waals surface area (Å²) in [7, 11) is 3.81. The molecule has 2 aromatic heterocycles. The summed E-state index contributed by atoms with van der Waals surface area (Å²) in [5, 5.41) is 2.91. The van der Waals surface area contributed by atoms with Crippen LogP contribution in [0.25, 0.3) is 0 Å². The summed E-state index contributed by atoms with van der Waals surface area (Å²) in [5.41, 5.74) is 2.09. The first-order valence-electron chi connectivity index (χ1n) is 7.36. The van der Waals surface area contributed by atoms with Gasteiger partial charge in [0.2, 0.25) is 5.95 Å². The van der Waals surface area contributed by atoms with Crippen molar-refractivity contribution < 1.29 is 4.74 Å². The molecular weight excluding hydrogens is 280 g/mol. The van der Waals surface area contributed by atoms with Crippen LogP contribution in [0.2, 0.25) is 0 Å². The molecule has 0 aliphatic carbocycles. The second-order valence-electron chi connectivity index (χ2n) is 5.38. The van der Waals surface area contributed by atoms with Crippen molar-refractivity contribution in [2.24, 2.45) is 0 Å². The first-order valence-corrected chi connectivity index (χ1v) is 7.36. The Morgan fingerprint density at radius 2 is 2.09 bits per heavy atom. The lowest BCUT2D eigenvalue weighted by Crippen LogP contribution is -2.19. The molecule has 7 heteroatoms. The number of hydrogen-bond donors (Lipinski definition) is 1. The molecule has 0 spiro atoms. The van der Waals surface area contributed by atoms with E-state index >= 15 is 0 Å². The fourth-order valence-corrected chi connectivity index (χ4v) is 2.48. The molecule has 1 fully saturated rings. The summed E-state index contributed by atoms with van der Waals surface area (Å²) >= 11 is 0. The van der Waals surface area contributed by atoms with Gasteiger partial charge in [-0.3, -0.25) is 0 Å². The Morgan fingerprint density at radius 3 is 2.77 bits per heavy atom. The number of hydrogen-bond acceptors (Lipinski definition) is 7. The van der Waals surface area contributed by atoms with Gasteiger partial charge in [-0.25, -0.2) is 19.9 Å². The van der Waals surface area contributed by atoms with E-state index in [-0.39, 0.29) is 0 Å². The molecule has 0 radical (unpaired) electrons. The minimum atomic E-state index is 0.383. The van der Waals surface area contributed by atoms with Crippen molar-refractivity contribution in [2.45, 2.75) is 18.9 Å². The first kappa shape index (κ1) is 14.6. The minimum absolute atomic E-state index is 0.383. The van der Waals surface area contributed by atoms with Crippen molar-refractivity contribution in [1.29, 1.82) is 0 Å². The fourth-order valence-electron chi connectivity index (χ4n) is 2.48. The molecule has 2 aromatic rings. The van der Waals surface area contributed by atoms with Crippen molar-refractivity contribution in [3.8, 4) is 0 Å². The van der Waals surface area contributed by atoms with Crippen LogP contribution in [0.3, 0.4) is 0 Å². The molecule has 0 unspecified atom stereocenters. The van der Waals surface area contributed by atoms with E-state index in [4.69, 9.17) is 4.74 Å². The molecule has 7 nitrogen and oxygen atoms in total. The second-order valence-corrected chi connectivity index (χ2v) is 5.38. The summed E-state index contributed by atoms with van der Waals surface area (Å²) in [5.74, 6) is 1.90. The van der Waals surface area contributed by atoms with Crippen molar-refractivity contribution in [3.05, 3.63) is 36.0 Å². The molecule has 1 N–H and O–H groups in total. The van der Waals surface area contributed by atoms with Gasteiger partial charge in [-0.1, -0.05) is 0 Å². The van der Waals surface area contributed by atoms with Gasteiger partial charge in [0.1, 0.15) is 12.1 Å². The van der Waals surface area contributed by atoms with E-state index in [0.29, 0.717) is 18.4 Å². The molecule has 1 aliphatic rings. The van der Waals surface area contributed by atoms with Gasteiger partial charge in [-0.15, -0.1) is 0 Å². The van der Waals surface area contributed by atoms with Crippen LogP contribution in [-0.4, -0.2) is 47.2 Å². The number of ether oxygens (including phenoxy) is 1. The Bertz CT molecular complexity index is 612. The van der Waals surface area contributed by atoms with Crippen LogP contribution in [-0.2, 0) is 11.3 Å². The van der Waals surface area contributed by atoms with E-state index in [2.05, 4.69) is 30.2 Å². The number of aromatic nitrogens is 4. The van der Waals surface area contributed by atoms with Crippen LogP contribution in [0.1, 0.15) is 23.6 Å². The third-order valence-corrected chi connectivity index (χ3v) is 3.76. The fraction of sp³-hybridized carbons (Fsp3) is 0.467. The van der Waals surface area contributed by atoms with Gasteiger partial charge in [0, 0.05) is 57.2 Å².